The summed E-state index contributed by atoms with van der Waals surface area (Å²) in [5.74, 6) is 0. The summed E-state index contributed by atoms with van der Waals surface area (Å²) in [5.41, 5.74) is 0.794. The fourth-order valence-electron chi connectivity index (χ4n) is 0.489. The summed E-state index contributed by atoms with van der Waals surface area (Å²) in [6.45, 7) is 0.671. The topological polar surface area (TPSA) is 55.0 Å². The summed E-state index contributed by atoms with van der Waals surface area (Å²) in [6, 6.07) is 1.74. The first-order valence-corrected chi connectivity index (χ1v) is 2.47. The summed E-state index contributed by atoms with van der Waals surface area (Å²) in [5, 5.41) is 6.29. The highest BCUT2D eigenvalue weighted by atomic mass is 16.5. The highest BCUT2D eigenvalue weighted by molar-refractivity contribution is 5.37. The highest BCUT2D eigenvalue weighted by Crippen LogP contribution is 1.91. The van der Waals surface area contributed by atoms with Gasteiger partial charge in [0.15, 0.2) is 0 Å². The van der Waals surface area contributed by atoms with Crippen molar-refractivity contribution in [3.05, 3.63) is 18.0 Å². The third kappa shape index (κ3) is 1.56. The van der Waals surface area contributed by atoms with Crippen molar-refractivity contribution >= 4 is 6.47 Å². The van der Waals surface area contributed by atoms with Crippen molar-refractivity contribution in [2.45, 2.75) is 6.61 Å². The quantitative estimate of drug-likeness (QED) is 0.583. The molecule has 0 aliphatic carbocycles. The van der Waals surface area contributed by atoms with Gasteiger partial charge in [0.2, 0.25) is 0 Å². The lowest BCUT2D eigenvalue weighted by atomic mass is 10.5. The van der Waals surface area contributed by atoms with Gasteiger partial charge in [0.1, 0.15) is 6.61 Å². The van der Waals surface area contributed by atoms with E-state index in [1.807, 2.05) is 0 Å². The lowest BCUT2D eigenvalue weighted by Crippen LogP contribution is -1.89. The van der Waals surface area contributed by atoms with E-state index in [1.165, 1.54) is 0 Å². The van der Waals surface area contributed by atoms with Crippen molar-refractivity contribution in [3.8, 4) is 0 Å². The molecule has 1 aromatic heterocycles. The zero-order valence-electron chi connectivity index (χ0n) is 4.70. The van der Waals surface area contributed by atoms with Gasteiger partial charge in [-0.15, -0.1) is 0 Å². The van der Waals surface area contributed by atoms with Crippen LogP contribution in [0.5, 0.6) is 0 Å². The number of nitrogens with zero attached hydrogens (tertiary/aromatic N) is 1. The second kappa shape index (κ2) is 2.86. The SMILES string of the molecule is O=COCc1ccn[nH]1. The number of nitrogens with one attached hydrogen (secondary N) is 1. The molecule has 0 radical (unpaired) electrons. The smallest absolute Gasteiger partial charge is 0.293 e. The van der Waals surface area contributed by atoms with Crippen LogP contribution in [0.25, 0.3) is 0 Å². The Morgan fingerprint density at radius 1 is 1.89 bits per heavy atom. The number of carbonyl (C=O) groups excluding carboxylic acids is 1. The van der Waals surface area contributed by atoms with E-state index >= 15 is 0 Å². The number of hydrogen-bond acceptors (Lipinski definition) is 3. The monoisotopic (exact) mass is 126 g/mol. The van der Waals surface area contributed by atoms with Gasteiger partial charge in [-0.3, -0.25) is 9.89 Å². The fraction of sp³-hybridized carbons (Fsp3) is 0.200. The number of aromatic amines is 1. The molecule has 9 heavy (non-hydrogen) atoms. The van der Waals surface area contributed by atoms with E-state index in [4.69, 9.17) is 0 Å². The number of hydrogen-bond donors (Lipinski definition) is 1. The van der Waals surface area contributed by atoms with Gasteiger partial charge in [-0.25, -0.2) is 0 Å². The molecule has 0 amide bonds. The summed E-state index contributed by atoms with van der Waals surface area (Å²) in [6.07, 6.45) is 1.60. The first kappa shape index (κ1) is 5.81. The van der Waals surface area contributed by atoms with Crippen LogP contribution >= 0.6 is 0 Å². The Balaban J connectivity index is 2.38. The Hall–Kier alpha value is -1.32. The minimum Gasteiger partial charge on any atom is -0.461 e. The second-order valence-electron chi connectivity index (χ2n) is 1.49. The van der Waals surface area contributed by atoms with Crippen molar-refractivity contribution in [2.24, 2.45) is 0 Å². The summed E-state index contributed by atoms with van der Waals surface area (Å²) in [7, 11) is 0. The lowest BCUT2D eigenvalue weighted by Gasteiger charge is -1.90. The molecule has 0 saturated heterocycles. The molecule has 0 unspecified atom stereocenters. The van der Waals surface area contributed by atoms with Crippen LogP contribution in [0.4, 0.5) is 0 Å². The molecule has 1 N–H and O–H groups in total. The van der Waals surface area contributed by atoms with Gasteiger partial charge in [-0.05, 0) is 6.07 Å². The molecule has 0 fully saturated rings. The molecule has 1 heterocycles. The largest absolute Gasteiger partial charge is 0.461 e. The molecule has 0 aromatic carbocycles. The van der Waals surface area contributed by atoms with Gasteiger partial charge in [0.05, 0.1) is 5.69 Å². The fourth-order valence-corrected chi connectivity index (χ4v) is 0.489. The molecular weight excluding hydrogens is 120 g/mol. The van der Waals surface area contributed by atoms with E-state index < -0.39 is 0 Å². The molecule has 1 rings (SSSR count). The summed E-state index contributed by atoms with van der Waals surface area (Å²) >= 11 is 0. The molecule has 0 aliphatic rings. The number of ether oxygens (including phenoxy) is 1. The van der Waals surface area contributed by atoms with E-state index in [9.17, 15) is 4.79 Å². The van der Waals surface area contributed by atoms with E-state index in [2.05, 4.69) is 14.9 Å². The standard InChI is InChI=1S/C5H6N2O2/c8-4-9-3-5-1-2-6-7-5/h1-2,4H,3H2,(H,6,7). The zero-order valence-corrected chi connectivity index (χ0v) is 4.70. The second-order valence-corrected chi connectivity index (χ2v) is 1.49. The molecule has 0 atom stereocenters. The van der Waals surface area contributed by atoms with Crippen LogP contribution < -0.4 is 0 Å². The highest BCUT2D eigenvalue weighted by Gasteiger charge is 1.89. The van der Waals surface area contributed by atoms with Gasteiger partial charge in [0, 0.05) is 6.20 Å². The molecule has 0 saturated carbocycles. The number of carbonyl (C=O) groups is 1. The van der Waals surface area contributed by atoms with E-state index in [0.29, 0.717) is 6.47 Å². The predicted octanol–water partition coefficient (Wildman–Crippen LogP) is 0.0827. The summed E-state index contributed by atoms with van der Waals surface area (Å²) in [4.78, 5) is 9.64. The van der Waals surface area contributed by atoms with Gasteiger partial charge >= 0.3 is 0 Å². The third-order valence-corrected chi connectivity index (χ3v) is 0.865. The van der Waals surface area contributed by atoms with Crippen LogP contribution in [0.15, 0.2) is 12.3 Å². The Kier molecular flexibility index (Phi) is 1.85. The maximum atomic E-state index is 9.64. The molecule has 48 valence electrons. The Morgan fingerprint density at radius 3 is 3.33 bits per heavy atom. The molecular formula is C5H6N2O2. The Labute approximate surface area is 51.8 Å². The predicted molar refractivity (Wildman–Crippen MR) is 29.4 cm³/mol. The van der Waals surface area contributed by atoms with E-state index in [1.54, 1.807) is 12.3 Å². The zero-order chi connectivity index (χ0) is 6.53. The van der Waals surface area contributed by atoms with Crippen LogP contribution in [0, 0.1) is 0 Å². The van der Waals surface area contributed by atoms with Crippen LogP contribution in [-0.4, -0.2) is 16.7 Å². The van der Waals surface area contributed by atoms with Crippen molar-refractivity contribution in [1.29, 1.82) is 0 Å². The molecule has 4 nitrogen and oxygen atoms in total. The number of rotatable bonds is 3. The molecule has 1 aromatic rings. The van der Waals surface area contributed by atoms with Crippen LogP contribution in [0.2, 0.25) is 0 Å². The average Bonchev–Trinajstić information content (AvgIpc) is 2.34. The van der Waals surface area contributed by atoms with Gasteiger partial charge in [-0.2, -0.15) is 5.10 Å². The lowest BCUT2D eigenvalue weighted by molar-refractivity contribution is -0.129. The van der Waals surface area contributed by atoms with Crippen LogP contribution in [0.3, 0.4) is 0 Å². The van der Waals surface area contributed by atoms with Gasteiger partial charge < -0.3 is 4.74 Å². The van der Waals surface area contributed by atoms with Crippen molar-refractivity contribution in [2.75, 3.05) is 0 Å². The minimum atomic E-state index is 0.267. The Bertz CT molecular complexity index is 171. The van der Waals surface area contributed by atoms with Gasteiger partial charge in [0.25, 0.3) is 6.47 Å². The van der Waals surface area contributed by atoms with E-state index in [0.717, 1.165) is 5.69 Å². The van der Waals surface area contributed by atoms with Crippen molar-refractivity contribution in [3.63, 3.8) is 0 Å². The average molecular weight is 126 g/mol. The molecule has 0 bridgehead atoms. The number of H-pyrrole nitrogens is 1. The molecule has 4 heteroatoms. The van der Waals surface area contributed by atoms with Gasteiger partial charge in [-0.1, -0.05) is 0 Å². The number of aromatic nitrogens is 2. The first-order chi connectivity index (χ1) is 4.43. The Morgan fingerprint density at radius 2 is 2.78 bits per heavy atom. The maximum Gasteiger partial charge on any atom is 0.293 e. The van der Waals surface area contributed by atoms with Crippen LogP contribution in [0.1, 0.15) is 5.69 Å². The van der Waals surface area contributed by atoms with Crippen LogP contribution in [-0.2, 0) is 16.1 Å². The normalized spacial score (nSPS) is 8.89. The molecule has 0 aliphatic heterocycles. The van der Waals surface area contributed by atoms with Crippen molar-refractivity contribution < 1.29 is 9.53 Å². The van der Waals surface area contributed by atoms with Crippen molar-refractivity contribution in [1.82, 2.24) is 10.2 Å². The minimum absolute atomic E-state index is 0.267. The first-order valence-electron chi connectivity index (χ1n) is 2.47. The maximum absolute atomic E-state index is 9.64. The molecule has 0 spiro atoms. The summed E-state index contributed by atoms with van der Waals surface area (Å²) < 4.78 is 4.43. The third-order valence-electron chi connectivity index (χ3n) is 0.865. The van der Waals surface area contributed by atoms with E-state index in [-0.39, 0.29) is 6.61 Å².